The van der Waals surface area contributed by atoms with E-state index in [0.717, 1.165) is 0 Å². The monoisotopic (exact) mass is 443 g/mol. The molecule has 10 heteroatoms. The third-order valence-corrected chi connectivity index (χ3v) is 5.66. The molecule has 0 fully saturated rings. The lowest BCUT2D eigenvalue weighted by atomic mass is 10.2. The van der Waals surface area contributed by atoms with Gasteiger partial charge < -0.3 is 5.32 Å². The molecule has 29 heavy (non-hydrogen) atoms. The normalized spacial score (nSPS) is 10.8. The summed E-state index contributed by atoms with van der Waals surface area (Å²) in [4.78, 5) is 25.3. The van der Waals surface area contributed by atoms with E-state index in [9.17, 15) is 9.59 Å². The summed E-state index contributed by atoms with van der Waals surface area (Å²) < 4.78 is 3.66. The Bertz CT molecular complexity index is 1250. The molecule has 1 aromatic carbocycles. The van der Waals surface area contributed by atoms with Crippen molar-refractivity contribution in [3.63, 3.8) is 0 Å². The third-order valence-electron chi connectivity index (χ3n) is 4.07. The van der Waals surface area contributed by atoms with Gasteiger partial charge in [-0.1, -0.05) is 22.9 Å². The molecule has 0 bridgehead atoms. The number of nitrogens with zero attached hydrogens (tertiary/aromatic N) is 4. The minimum absolute atomic E-state index is 0.126. The molecule has 0 aliphatic rings. The Morgan fingerprint density at radius 3 is 2.79 bits per heavy atom. The zero-order chi connectivity index (χ0) is 20.4. The summed E-state index contributed by atoms with van der Waals surface area (Å²) in [6, 6.07) is 13.7. The molecule has 4 aromatic rings. The highest BCUT2D eigenvalue weighted by molar-refractivity contribution is 7.80. The predicted octanol–water partition coefficient (Wildman–Crippen LogP) is 3.35. The number of thiol groups is 1. The van der Waals surface area contributed by atoms with Crippen LogP contribution in [0.1, 0.15) is 15.4 Å². The average Bonchev–Trinajstić information content (AvgIpc) is 3.35. The van der Waals surface area contributed by atoms with Crippen LogP contribution < -0.4 is 10.9 Å². The summed E-state index contributed by atoms with van der Waals surface area (Å²) in [5.41, 5.74) is 1.87. The molecular formula is C19H14ClN5O2S2. The highest BCUT2D eigenvalue weighted by Crippen LogP contribution is 2.22. The molecule has 3 aromatic heterocycles. The SMILES string of the molecule is O=C(NCc1cn(-c2ccc(-n3ccccc3=O)cc2S)nn1)c1ccc(Cl)s1. The number of carbonyl (C=O) groups excluding carboxylic acids is 1. The molecule has 0 aliphatic heterocycles. The summed E-state index contributed by atoms with van der Waals surface area (Å²) in [5, 5.41) is 11.0. The maximum absolute atomic E-state index is 12.1. The van der Waals surface area contributed by atoms with Crippen LogP contribution >= 0.6 is 35.6 Å². The van der Waals surface area contributed by atoms with Gasteiger partial charge in [0.25, 0.3) is 11.5 Å². The molecule has 1 N–H and O–H groups in total. The van der Waals surface area contributed by atoms with Gasteiger partial charge in [-0.2, -0.15) is 0 Å². The van der Waals surface area contributed by atoms with Gasteiger partial charge >= 0.3 is 0 Å². The van der Waals surface area contributed by atoms with Crippen molar-refractivity contribution in [3.8, 4) is 11.4 Å². The molecule has 3 heterocycles. The molecule has 146 valence electrons. The van der Waals surface area contributed by atoms with Gasteiger partial charge in [0.1, 0.15) is 5.69 Å². The van der Waals surface area contributed by atoms with Gasteiger partial charge in [-0.05, 0) is 36.4 Å². The second-order valence-electron chi connectivity index (χ2n) is 6.02. The molecule has 0 atom stereocenters. The molecule has 0 aliphatic carbocycles. The van der Waals surface area contributed by atoms with Crippen molar-refractivity contribution in [1.82, 2.24) is 24.9 Å². The van der Waals surface area contributed by atoms with Gasteiger partial charge in [-0.15, -0.1) is 29.1 Å². The molecule has 7 nitrogen and oxygen atoms in total. The van der Waals surface area contributed by atoms with Crippen LogP contribution in [0.5, 0.6) is 0 Å². The molecule has 0 spiro atoms. The van der Waals surface area contributed by atoms with Gasteiger partial charge in [0, 0.05) is 22.8 Å². The van der Waals surface area contributed by atoms with E-state index in [0.29, 0.717) is 31.2 Å². The lowest BCUT2D eigenvalue weighted by molar-refractivity contribution is 0.0954. The van der Waals surface area contributed by atoms with E-state index < -0.39 is 0 Å². The van der Waals surface area contributed by atoms with Crippen molar-refractivity contribution in [3.05, 3.63) is 86.2 Å². The van der Waals surface area contributed by atoms with E-state index in [1.54, 1.807) is 53.5 Å². The number of benzene rings is 1. The summed E-state index contributed by atoms with van der Waals surface area (Å²) in [7, 11) is 0. The highest BCUT2D eigenvalue weighted by atomic mass is 35.5. The minimum Gasteiger partial charge on any atom is -0.346 e. The zero-order valence-corrected chi connectivity index (χ0v) is 17.3. The van der Waals surface area contributed by atoms with Gasteiger partial charge in [-0.3, -0.25) is 14.2 Å². The average molecular weight is 444 g/mol. The van der Waals surface area contributed by atoms with Crippen LogP contribution in [0.25, 0.3) is 11.4 Å². The van der Waals surface area contributed by atoms with Gasteiger partial charge in [0.05, 0.1) is 27.6 Å². The number of thiophene rings is 1. The number of amides is 1. The van der Waals surface area contributed by atoms with Crippen molar-refractivity contribution in [2.24, 2.45) is 0 Å². The molecule has 1 amide bonds. The van der Waals surface area contributed by atoms with Gasteiger partial charge in [0.15, 0.2) is 0 Å². The largest absolute Gasteiger partial charge is 0.346 e. The van der Waals surface area contributed by atoms with Crippen LogP contribution in [0.4, 0.5) is 0 Å². The van der Waals surface area contributed by atoms with Crippen molar-refractivity contribution in [2.45, 2.75) is 11.4 Å². The maximum atomic E-state index is 12.1. The molecule has 0 saturated carbocycles. The minimum atomic E-state index is -0.219. The van der Waals surface area contributed by atoms with Crippen molar-refractivity contribution in [2.75, 3.05) is 0 Å². The second kappa shape index (κ2) is 8.24. The van der Waals surface area contributed by atoms with Crippen LogP contribution in [0.15, 0.2) is 70.6 Å². The molecular weight excluding hydrogens is 430 g/mol. The summed E-state index contributed by atoms with van der Waals surface area (Å²) in [6.45, 7) is 0.230. The smallest absolute Gasteiger partial charge is 0.261 e. The zero-order valence-electron chi connectivity index (χ0n) is 14.8. The van der Waals surface area contributed by atoms with Crippen LogP contribution in [0.2, 0.25) is 4.34 Å². The first-order chi connectivity index (χ1) is 14.0. The Balaban J connectivity index is 1.50. The van der Waals surface area contributed by atoms with Crippen LogP contribution in [0, 0.1) is 0 Å². The van der Waals surface area contributed by atoms with Crippen LogP contribution in [-0.4, -0.2) is 25.5 Å². The molecule has 0 unspecified atom stereocenters. The fourth-order valence-corrected chi connectivity index (χ4v) is 3.96. The Labute approximate surface area is 180 Å². The fourth-order valence-electron chi connectivity index (χ4n) is 2.69. The first-order valence-corrected chi connectivity index (χ1v) is 10.1. The van der Waals surface area contributed by atoms with E-state index in [1.807, 2.05) is 6.07 Å². The number of carbonyl (C=O) groups is 1. The van der Waals surface area contributed by atoms with Gasteiger partial charge in [-0.25, -0.2) is 4.68 Å². The maximum Gasteiger partial charge on any atom is 0.261 e. The fraction of sp³-hybridized carbons (Fsp3) is 0.0526. The number of aromatic nitrogens is 4. The first kappa shape index (κ1) is 19.4. The van der Waals surface area contributed by atoms with Crippen molar-refractivity contribution in [1.29, 1.82) is 0 Å². The highest BCUT2D eigenvalue weighted by Gasteiger charge is 2.11. The van der Waals surface area contributed by atoms with Crippen molar-refractivity contribution >= 4 is 41.5 Å². The third kappa shape index (κ3) is 4.26. The van der Waals surface area contributed by atoms with Crippen molar-refractivity contribution < 1.29 is 4.79 Å². The van der Waals surface area contributed by atoms with Gasteiger partial charge in [0.2, 0.25) is 0 Å². The summed E-state index contributed by atoms with van der Waals surface area (Å²) in [5.74, 6) is -0.219. The van der Waals surface area contributed by atoms with E-state index in [2.05, 4.69) is 28.3 Å². The Hall–Kier alpha value is -2.88. The lowest BCUT2D eigenvalue weighted by Gasteiger charge is -2.09. The molecule has 4 rings (SSSR count). The number of halogens is 1. The number of nitrogens with one attached hydrogen (secondary N) is 1. The Kier molecular flexibility index (Phi) is 5.52. The first-order valence-electron chi connectivity index (χ1n) is 8.47. The number of hydrogen-bond acceptors (Lipinski definition) is 6. The standard InChI is InChI=1S/C19H14ClN5O2S2/c20-17-7-6-16(29-17)19(27)21-10-12-11-25(23-22-12)14-5-4-13(9-15(14)28)24-8-2-1-3-18(24)26/h1-9,11,28H,10H2,(H,21,27). The Morgan fingerprint density at radius 2 is 2.07 bits per heavy atom. The van der Waals surface area contributed by atoms with Crippen LogP contribution in [0.3, 0.4) is 0 Å². The molecule has 0 saturated heterocycles. The Morgan fingerprint density at radius 1 is 1.21 bits per heavy atom. The molecule has 0 radical (unpaired) electrons. The topological polar surface area (TPSA) is 81.8 Å². The van der Waals surface area contributed by atoms with Crippen LogP contribution in [-0.2, 0) is 6.54 Å². The quantitative estimate of drug-likeness (QED) is 0.463. The lowest BCUT2D eigenvalue weighted by Crippen LogP contribution is -2.21. The number of hydrogen-bond donors (Lipinski definition) is 2. The summed E-state index contributed by atoms with van der Waals surface area (Å²) in [6.07, 6.45) is 3.41. The summed E-state index contributed by atoms with van der Waals surface area (Å²) >= 11 is 11.6. The van der Waals surface area contributed by atoms with E-state index in [4.69, 9.17) is 11.6 Å². The van der Waals surface area contributed by atoms with E-state index in [1.165, 1.54) is 22.0 Å². The second-order valence-corrected chi connectivity index (χ2v) is 8.22. The predicted molar refractivity (Wildman–Crippen MR) is 115 cm³/mol. The number of rotatable bonds is 5. The number of pyridine rings is 1. The van der Waals surface area contributed by atoms with E-state index in [-0.39, 0.29) is 18.0 Å². The van der Waals surface area contributed by atoms with E-state index >= 15 is 0 Å².